The molecule has 1 aliphatic rings. The summed E-state index contributed by atoms with van der Waals surface area (Å²) < 4.78 is 0. The zero-order valence-corrected chi connectivity index (χ0v) is 9.14. The number of nitrogens with two attached hydrogens (primary N) is 1. The van der Waals surface area contributed by atoms with Gasteiger partial charge in [-0.3, -0.25) is 9.59 Å². The van der Waals surface area contributed by atoms with Crippen LogP contribution in [0.4, 0.5) is 0 Å². The largest absolute Gasteiger partial charge is 0.348 e. The van der Waals surface area contributed by atoms with Crippen LogP contribution in [0.3, 0.4) is 0 Å². The van der Waals surface area contributed by atoms with Gasteiger partial charge in [-0.1, -0.05) is 12.8 Å². The van der Waals surface area contributed by atoms with E-state index in [1.807, 2.05) is 0 Å². The zero-order valence-electron chi connectivity index (χ0n) is 9.14. The Morgan fingerprint density at radius 2 is 1.93 bits per heavy atom. The summed E-state index contributed by atoms with van der Waals surface area (Å²) in [6.07, 6.45) is 4.10. The normalized spacial score (nSPS) is 18.5. The summed E-state index contributed by atoms with van der Waals surface area (Å²) in [4.78, 5) is 22.1. The maximum Gasteiger partial charge on any atom is 0.239 e. The van der Waals surface area contributed by atoms with Crippen molar-refractivity contribution in [3.8, 4) is 0 Å². The molecule has 1 aliphatic carbocycles. The third kappa shape index (κ3) is 3.51. The van der Waals surface area contributed by atoms with Crippen molar-refractivity contribution in [3.05, 3.63) is 0 Å². The first kappa shape index (κ1) is 12.0. The molecule has 0 aromatic carbocycles. The standard InChI is InChI=1S/C10H19N3O2/c1-8(14)12-6-9(15)13-10(7-11)4-2-3-5-10/h2-7,11H2,1H3,(H,12,14)(H,13,15). The molecule has 0 aromatic rings. The zero-order chi connectivity index (χ0) is 11.3. The van der Waals surface area contributed by atoms with Crippen molar-refractivity contribution < 1.29 is 9.59 Å². The smallest absolute Gasteiger partial charge is 0.239 e. The maximum absolute atomic E-state index is 11.5. The molecule has 0 unspecified atom stereocenters. The lowest BCUT2D eigenvalue weighted by Gasteiger charge is -2.28. The Morgan fingerprint density at radius 3 is 2.40 bits per heavy atom. The molecule has 0 atom stereocenters. The molecule has 86 valence electrons. The van der Waals surface area contributed by atoms with Gasteiger partial charge in [0, 0.05) is 13.5 Å². The first-order chi connectivity index (χ1) is 7.08. The van der Waals surface area contributed by atoms with Crippen LogP contribution >= 0.6 is 0 Å². The van der Waals surface area contributed by atoms with Gasteiger partial charge in [0.2, 0.25) is 11.8 Å². The van der Waals surface area contributed by atoms with Crippen molar-refractivity contribution in [2.24, 2.45) is 5.73 Å². The van der Waals surface area contributed by atoms with E-state index in [9.17, 15) is 9.59 Å². The van der Waals surface area contributed by atoms with Gasteiger partial charge in [-0.25, -0.2) is 0 Å². The fraction of sp³-hybridized carbons (Fsp3) is 0.800. The Balaban J connectivity index is 2.38. The molecule has 0 bridgehead atoms. The first-order valence-corrected chi connectivity index (χ1v) is 5.33. The van der Waals surface area contributed by atoms with E-state index < -0.39 is 0 Å². The van der Waals surface area contributed by atoms with E-state index >= 15 is 0 Å². The summed E-state index contributed by atoms with van der Waals surface area (Å²) in [6.45, 7) is 1.90. The SMILES string of the molecule is CC(=O)NCC(=O)NC1(CN)CCCC1. The molecule has 1 saturated carbocycles. The molecule has 4 N–H and O–H groups in total. The molecule has 1 fully saturated rings. The van der Waals surface area contributed by atoms with Crippen LogP contribution in [0, 0.1) is 0 Å². The minimum absolute atomic E-state index is 0.0388. The molecule has 0 saturated heterocycles. The van der Waals surface area contributed by atoms with Crippen molar-refractivity contribution in [2.75, 3.05) is 13.1 Å². The monoisotopic (exact) mass is 213 g/mol. The maximum atomic E-state index is 11.5. The fourth-order valence-electron chi connectivity index (χ4n) is 1.98. The molecular formula is C10H19N3O2. The highest BCUT2D eigenvalue weighted by Gasteiger charge is 2.33. The number of carbonyl (C=O) groups excluding carboxylic acids is 2. The Bertz CT molecular complexity index is 247. The van der Waals surface area contributed by atoms with E-state index in [-0.39, 0.29) is 23.9 Å². The summed E-state index contributed by atoms with van der Waals surface area (Å²) in [6, 6.07) is 0. The average Bonchev–Trinajstić information content (AvgIpc) is 2.64. The molecule has 0 aliphatic heterocycles. The van der Waals surface area contributed by atoms with Gasteiger partial charge in [-0.05, 0) is 12.8 Å². The molecule has 15 heavy (non-hydrogen) atoms. The number of hydrogen-bond donors (Lipinski definition) is 3. The summed E-state index contributed by atoms with van der Waals surface area (Å²) in [5.41, 5.74) is 5.44. The number of nitrogens with one attached hydrogen (secondary N) is 2. The second kappa shape index (κ2) is 5.11. The highest BCUT2D eigenvalue weighted by Crippen LogP contribution is 2.28. The summed E-state index contributed by atoms with van der Waals surface area (Å²) >= 11 is 0. The van der Waals surface area contributed by atoms with Crippen LogP contribution in [0.15, 0.2) is 0 Å². The van der Waals surface area contributed by atoms with Crippen molar-refractivity contribution >= 4 is 11.8 Å². The van der Waals surface area contributed by atoms with Gasteiger partial charge in [-0.15, -0.1) is 0 Å². The predicted molar refractivity (Wildman–Crippen MR) is 57.1 cm³/mol. The van der Waals surface area contributed by atoms with Crippen LogP contribution in [0.1, 0.15) is 32.6 Å². The highest BCUT2D eigenvalue weighted by molar-refractivity contribution is 5.84. The molecule has 0 aromatic heterocycles. The Kier molecular flexibility index (Phi) is 4.08. The molecule has 0 spiro atoms. The van der Waals surface area contributed by atoms with Gasteiger partial charge in [0.05, 0.1) is 12.1 Å². The summed E-state index contributed by atoms with van der Waals surface area (Å²) in [5.74, 6) is -0.351. The second-order valence-corrected chi connectivity index (χ2v) is 4.15. The summed E-state index contributed by atoms with van der Waals surface area (Å²) in [7, 11) is 0. The van der Waals surface area contributed by atoms with Gasteiger partial charge in [0.1, 0.15) is 0 Å². The summed E-state index contributed by atoms with van der Waals surface area (Å²) in [5, 5.41) is 5.39. The molecule has 0 radical (unpaired) electrons. The fourth-order valence-corrected chi connectivity index (χ4v) is 1.98. The van der Waals surface area contributed by atoms with Gasteiger partial charge < -0.3 is 16.4 Å². The molecule has 5 heteroatoms. The van der Waals surface area contributed by atoms with Crippen molar-refractivity contribution in [1.82, 2.24) is 10.6 Å². The van der Waals surface area contributed by atoms with Gasteiger partial charge in [0.25, 0.3) is 0 Å². The lowest BCUT2D eigenvalue weighted by atomic mass is 9.98. The lowest BCUT2D eigenvalue weighted by Crippen LogP contribution is -2.53. The molecule has 2 amide bonds. The third-order valence-corrected chi connectivity index (χ3v) is 2.85. The van der Waals surface area contributed by atoms with E-state index in [4.69, 9.17) is 5.73 Å². The van der Waals surface area contributed by atoms with Crippen LogP contribution in [0.2, 0.25) is 0 Å². The topological polar surface area (TPSA) is 84.2 Å². The number of hydrogen-bond acceptors (Lipinski definition) is 3. The third-order valence-electron chi connectivity index (χ3n) is 2.85. The van der Waals surface area contributed by atoms with Crippen LogP contribution in [0.25, 0.3) is 0 Å². The Hall–Kier alpha value is -1.10. The quantitative estimate of drug-likeness (QED) is 0.589. The molecule has 1 rings (SSSR count). The number of rotatable bonds is 4. The Morgan fingerprint density at radius 1 is 1.33 bits per heavy atom. The predicted octanol–water partition coefficient (Wildman–Crippen LogP) is -0.490. The van der Waals surface area contributed by atoms with Crippen molar-refractivity contribution in [3.63, 3.8) is 0 Å². The van der Waals surface area contributed by atoms with Crippen LogP contribution in [-0.2, 0) is 9.59 Å². The van der Waals surface area contributed by atoms with Gasteiger partial charge in [-0.2, -0.15) is 0 Å². The van der Waals surface area contributed by atoms with Crippen LogP contribution < -0.4 is 16.4 Å². The van der Waals surface area contributed by atoms with Crippen molar-refractivity contribution in [2.45, 2.75) is 38.1 Å². The molecule has 0 heterocycles. The van der Waals surface area contributed by atoms with E-state index in [0.717, 1.165) is 25.7 Å². The number of carbonyl (C=O) groups is 2. The Labute approximate surface area is 89.8 Å². The van der Waals surface area contributed by atoms with Gasteiger partial charge in [0.15, 0.2) is 0 Å². The van der Waals surface area contributed by atoms with E-state index in [1.54, 1.807) is 0 Å². The van der Waals surface area contributed by atoms with Gasteiger partial charge >= 0.3 is 0 Å². The van der Waals surface area contributed by atoms with E-state index in [2.05, 4.69) is 10.6 Å². The van der Waals surface area contributed by atoms with Crippen LogP contribution in [-0.4, -0.2) is 30.4 Å². The minimum Gasteiger partial charge on any atom is -0.348 e. The van der Waals surface area contributed by atoms with E-state index in [0.29, 0.717) is 6.54 Å². The lowest BCUT2D eigenvalue weighted by molar-refractivity contribution is -0.126. The molecule has 5 nitrogen and oxygen atoms in total. The number of amides is 2. The minimum atomic E-state index is -0.227. The molecular weight excluding hydrogens is 194 g/mol. The average molecular weight is 213 g/mol. The van der Waals surface area contributed by atoms with Crippen LogP contribution in [0.5, 0.6) is 0 Å². The first-order valence-electron chi connectivity index (χ1n) is 5.33. The van der Waals surface area contributed by atoms with E-state index in [1.165, 1.54) is 6.92 Å². The highest BCUT2D eigenvalue weighted by atomic mass is 16.2. The van der Waals surface area contributed by atoms with Crippen molar-refractivity contribution in [1.29, 1.82) is 0 Å². The second-order valence-electron chi connectivity index (χ2n) is 4.15.